The molecule has 15 heavy (non-hydrogen) atoms. The van der Waals surface area contributed by atoms with Crippen LogP contribution in [0.15, 0.2) is 17.5 Å². The van der Waals surface area contributed by atoms with Crippen LogP contribution in [0, 0.1) is 0 Å². The second-order valence-electron chi connectivity index (χ2n) is 2.64. The highest BCUT2D eigenvalue weighted by atomic mass is 35.5. The van der Waals surface area contributed by atoms with Gasteiger partial charge in [-0.05, 0) is 12.1 Å². The Morgan fingerprint density at radius 1 is 1.27 bits per heavy atom. The number of thiophene rings is 1. The smallest absolute Gasteiger partial charge is 0.231 e. The molecule has 7 heteroatoms. The quantitative estimate of drug-likeness (QED) is 0.740. The van der Waals surface area contributed by atoms with E-state index in [4.69, 9.17) is 11.6 Å². The molecule has 80 valence electrons. The lowest BCUT2D eigenvalue weighted by molar-refractivity contribution is -0.137. The van der Waals surface area contributed by atoms with E-state index in [0.29, 0.717) is 26.2 Å². The van der Waals surface area contributed by atoms with Gasteiger partial charge in [0.2, 0.25) is 0 Å². The normalized spacial score (nSPS) is 12.0. The lowest BCUT2D eigenvalue weighted by Crippen LogP contribution is -2.03. The largest absolute Gasteiger partial charge is 0.443 e. The number of thiazole rings is 1. The van der Waals surface area contributed by atoms with Crippen molar-refractivity contribution < 1.29 is 13.2 Å². The zero-order valence-corrected chi connectivity index (χ0v) is 9.40. The molecule has 0 aromatic carbocycles. The van der Waals surface area contributed by atoms with Gasteiger partial charge in [0.05, 0.1) is 14.9 Å². The van der Waals surface area contributed by atoms with Crippen molar-refractivity contribution in [2.45, 2.75) is 6.18 Å². The Kier molecular flexibility index (Phi) is 2.74. The van der Waals surface area contributed by atoms with Gasteiger partial charge in [-0.25, -0.2) is 4.98 Å². The summed E-state index contributed by atoms with van der Waals surface area (Å²) < 4.78 is 37.3. The molecule has 0 saturated heterocycles. The first kappa shape index (κ1) is 10.9. The minimum atomic E-state index is -4.37. The van der Waals surface area contributed by atoms with Crippen LogP contribution in [-0.4, -0.2) is 4.98 Å². The van der Waals surface area contributed by atoms with Crippen LogP contribution in [0.1, 0.15) is 5.01 Å². The van der Waals surface area contributed by atoms with Crippen LogP contribution >= 0.6 is 34.3 Å². The highest BCUT2D eigenvalue weighted by Crippen LogP contribution is 2.36. The molecular formula is C8H3ClF3NS2. The Morgan fingerprint density at radius 3 is 2.47 bits per heavy atom. The van der Waals surface area contributed by atoms with Gasteiger partial charge in [0.25, 0.3) is 0 Å². The zero-order valence-electron chi connectivity index (χ0n) is 7.01. The molecule has 2 aromatic rings. The highest BCUT2D eigenvalue weighted by Gasteiger charge is 2.34. The van der Waals surface area contributed by atoms with Crippen molar-refractivity contribution in [3.63, 3.8) is 0 Å². The van der Waals surface area contributed by atoms with Crippen LogP contribution in [0.3, 0.4) is 0 Å². The molecule has 0 aliphatic carbocycles. The van der Waals surface area contributed by atoms with E-state index in [1.807, 2.05) is 0 Å². The van der Waals surface area contributed by atoms with Gasteiger partial charge >= 0.3 is 6.18 Å². The maximum atomic E-state index is 12.2. The van der Waals surface area contributed by atoms with Crippen LogP contribution in [0.5, 0.6) is 0 Å². The monoisotopic (exact) mass is 269 g/mol. The van der Waals surface area contributed by atoms with Gasteiger partial charge in [-0.1, -0.05) is 11.6 Å². The Hall–Kier alpha value is -0.590. The summed E-state index contributed by atoms with van der Waals surface area (Å²) in [6, 6.07) is 3.29. The predicted octanol–water partition coefficient (Wildman–Crippen LogP) is 4.54. The molecule has 2 rings (SSSR count). The van der Waals surface area contributed by atoms with Crippen molar-refractivity contribution in [2.24, 2.45) is 0 Å². The summed E-state index contributed by atoms with van der Waals surface area (Å²) in [5.41, 5.74) is 0.323. The number of hydrogen-bond acceptors (Lipinski definition) is 3. The third-order valence-electron chi connectivity index (χ3n) is 1.57. The predicted molar refractivity (Wildman–Crippen MR) is 55.4 cm³/mol. The number of rotatable bonds is 1. The summed E-state index contributed by atoms with van der Waals surface area (Å²) in [7, 11) is 0. The van der Waals surface area contributed by atoms with Gasteiger partial charge in [-0.3, -0.25) is 0 Å². The Bertz CT molecular complexity index is 474. The van der Waals surface area contributed by atoms with Crippen molar-refractivity contribution in [2.75, 3.05) is 0 Å². The van der Waals surface area contributed by atoms with Gasteiger partial charge in [0.1, 0.15) is 0 Å². The first-order chi connectivity index (χ1) is 6.97. The van der Waals surface area contributed by atoms with E-state index >= 15 is 0 Å². The second kappa shape index (κ2) is 3.77. The minimum Gasteiger partial charge on any atom is -0.231 e. The number of hydrogen-bond donors (Lipinski definition) is 0. The SMILES string of the molecule is FC(F)(F)c1nc(-c2ccc(Cl)s2)cs1. The highest BCUT2D eigenvalue weighted by molar-refractivity contribution is 7.19. The third-order valence-corrected chi connectivity index (χ3v) is 3.71. The average Bonchev–Trinajstić information content (AvgIpc) is 2.69. The van der Waals surface area contributed by atoms with Crippen molar-refractivity contribution in [1.29, 1.82) is 0 Å². The standard InChI is InChI=1S/C8H3ClF3NS2/c9-6-2-1-5(15-6)4-3-14-7(13-4)8(10,11)12/h1-3H. The molecule has 0 amide bonds. The lowest BCUT2D eigenvalue weighted by Gasteiger charge is -1.98. The fourth-order valence-corrected chi connectivity index (χ4v) is 2.74. The van der Waals surface area contributed by atoms with Gasteiger partial charge < -0.3 is 0 Å². The van der Waals surface area contributed by atoms with Crippen LogP contribution in [0.4, 0.5) is 13.2 Å². The zero-order chi connectivity index (χ0) is 11.1. The van der Waals surface area contributed by atoms with E-state index in [-0.39, 0.29) is 0 Å². The number of halogens is 4. The molecule has 0 aliphatic rings. The minimum absolute atomic E-state index is 0.323. The van der Waals surface area contributed by atoms with Crippen LogP contribution in [0.2, 0.25) is 4.34 Å². The molecule has 0 bridgehead atoms. The summed E-state index contributed by atoms with van der Waals surface area (Å²) in [6.07, 6.45) is -4.37. The third kappa shape index (κ3) is 2.32. The first-order valence-electron chi connectivity index (χ1n) is 3.75. The van der Waals surface area contributed by atoms with Crippen molar-refractivity contribution in [1.82, 2.24) is 4.98 Å². The Labute approximate surface area is 96.2 Å². The van der Waals surface area contributed by atoms with E-state index < -0.39 is 11.2 Å². The number of nitrogens with zero attached hydrogens (tertiary/aromatic N) is 1. The first-order valence-corrected chi connectivity index (χ1v) is 5.82. The van der Waals surface area contributed by atoms with Gasteiger partial charge in [-0.15, -0.1) is 22.7 Å². The second-order valence-corrected chi connectivity index (χ2v) is 5.21. The van der Waals surface area contributed by atoms with E-state index in [9.17, 15) is 13.2 Å². The molecule has 0 N–H and O–H groups in total. The molecule has 0 saturated carbocycles. The maximum Gasteiger partial charge on any atom is 0.443 e. The molecule has 0 radical (unpaired) electrons. The molecule has 0 fully saturated rings. The van der Waals surface area contributed by atoms with E-state index in [0.717, 1.165) is 0 Å². The van der Waals surface area contributed by atoms with E-state index in [1.54, 1.807) is 12.1 Å². The Balaban J connectivity index is 2.36. The van der Waals surface area contributed by atoms with E-state index in [2.05, 4.69) is 4.98 Å². The molecule has 0 unspecified atom stereocenters. The fourth-order valence-electron chi connectivity index (χ4n) is 0.969. The summed E-state index contributed by atoms with van der Waals surface area (Å²) >= 11 is 7.47. The van der Waals surface area contributed by atoms with Gasteiger partial charge in [0, 0.05) is 5.38 Å². The van der Waals surface area contributed by atoms with Crippen molar-refractivity contribution in [3.8, 4) is 10.6 Å². The molecule has 0 aliphatic heterocycles. The molecule has 2 heterocycles. The van der Waals surface area contributed by atoms with Gasteiger partial charge in [-0.2, -0.15) is 13.2 Å². The lowest BCUT2D eigenvalue weighted by atomic mass is 10.4. The van der Waals surface area contributed by atoms with Crippen LogP contribution in [0.25, 0.3) is 10.6 Å². The summed E-state index contributed by atoms with van der Waals surface area (Å²) in [6.45, 7) is 0. The molecule has 0 spiro atoms. The van der Waals surface area contributed by atoms with E-state index in [1.165, 1.54) is 16.7 Å². The van der Waals surface area contributed by atoms with Gasteiger partial charge in [0.15, 0.2) is 5.01 Å². The molecule has 1 nitrogen and oxygen atoms in total. The van der Waals surface area contributed by atoms with Crippen molar-refractivity contribution >= 4 is 34.3 Å². The van der Waals surface area contributed by atoms with Crippen LogP contribution < -0.4 is 0 Å². The average molecular weight is 270 g/mol. The maximum absolute atomic E-state index is 12.2. The summed E-state index contributed by atoms with van der Waals surface area (Å²) in [4.78, 5) is 4.16. The number of alkyl halides is 3. The van der Waals surface area contributed by atoms with Crippen molar-refractivity contribution in [3.05, 3.63) is 26.9 Å². The summed E-state index contributed by atoms with van der Waals surface area (Å²) in [5, 5.41) is 0.548. The van der Waals surface area contributed by atoms with Crippen LogP contribution in [-0.2, 0) is 6.18 Å². The summed E-state index contributed by atoms with van der Waals surface area (Å²) in [5.74, 6) is 0. The molecule has 2 aromatic heterocycles. The molecular weight excluding hydrogens is 267 g/mol. The topological polar surface area (TPSA) is 12.9 Å². The molecule has 0 atom stereocenters. The number of aromatic nitrogens is 1. The Morgan fingerprint density at radius 2 is 2.00 bits per heavy atom. The fraction of sp³-hybridized carbons (Fsp3) is 0.125.